The van der Waals surface area contributed by atoms with Gasteiger partial charge in [-0.05, 0) is 23.6 Å². The van der Waals surface area contributed by atoms with Gasteiger partial charge in [0, 0.05) is 17.7 Å². The van der Waals surface area contributed by atoms with Crippen LogP contribution in [0.3, 0.4) is 0 Å². The van der Waals surface area contributed by atoms with Crippen LogP contribution in [0.2, 0.25) is 0 Å². The maximum absolute atomic E-state index is 12.4. The van der Waals surface area contributed by atoms with Crippen LogP contribution in [0.5, 0.6) is 0 Å². The summed E-state index contributed by atoms with van der Waals surface area (Å²) in [5.41, 5.74) is 1.87. The lowest BCUT2D eigenvalue weighted by Gasteiger charge is -2.04. The molecule has 26 heavy (non-hydrogen) atoms. The first-order valence-corrected chi connectivity index (χ1v) is 8.75. The van der Waals surface area contributed by atoms with Gasteiger partial charge in [0.25, 0.3) is 5.69 Å². The summed E-state index contributed by atoms with van der Waals surface area (Å²) >= 11 is 1.26. The van der Waals surface area contributed by atoms with E-state index in [1.165, 1.54) is 30.0 Å². The van der Waals surface area contributed by atoms with E-state index in [-0.39, 0.29) is 17.2 Å². The fraction of sp³-hybridized carbons (Fsp3) is 0.0556. The average molecular weight is 364 g/mol. The number of benzene rings is 2. The molecule has 0 aliphatic rings. The van der Waals surface area contributed by atoms with E-state index < -0.39 is 4.92 Å². The maximum Gasteiger partial charge on any atom is 0.270 e. The minimum Gasteiger partial charge on any atom is -0.293 e. The number of fused-ring (bicyclic) bond motifs is 3. The fourth-order valence-electron chi connectivity index (χ4n) is 2.71. The van der Waals surface area contributed by atoms with E-state index >= 15 is 0 Å². The molecule has 4 rings (SSSR count). The fourth-order valence-corrected chi connectivity index (χ4v) is 3.56. The number of non-ortho nitro benzene ring substituents is 1. The SMILES string of the molecule is O=C(CSc1nnc2ccc3ccccc3n12)c1cccc([N+](=O)[O-])c1. The number of carbonyl (C=O) groups excluding carboxylic acids is 1. The summed E-state index contributed by atoms with van der Waals surface area (Å²) in [4.78, 5) is 22.8. The Balaban J connectivity index is 1.62. The molecule has 2 aromatic carbocycles. The Hall–Kier alpha value is -3.26. The second-order valence-electron chi connectivity index (χ2n) is 5.59. The molecule has 0 aliphatic carbocycles. The van der Waals surface area contributed by atoms with E-state index in [0.717, 1.165) is 10.9 Å². The Morgan fingerprint density at radius 1 is 1.08 bits per heavy atom. The van der Waals surface area contributed by atoms with Gasteiger partial charge in [-0.1, -0.05) is 42.1 Å². The van der Waals surface area contributed by atoms with Gasteiger partial charge in [0.2, 0.25) is 0 Å². The number of nitro benzene ring substituents is 1. The number of carbonyl (C=O) groups is 1. The molecule has 0 atom stereocenters. The van der Waals surface area contributed by atoms with Crippen LogP contribution in [-0.2, 0) is 0 Å². The lowest BCUT2D eigenvalue weighted by molar-refractivity contribution is -0.384. The molecule has 0 saturated carbocycles. The van der Waals surface area contributed by atoms with Crippen LogP contribution in [0.1, 0.15) is 10.4 Å². The average Bonchev–Trinajstić information content (AvgIpc) is 3.10. The Bertz CT molecular complexity index is 1160. The van der Waals surface area contributed by atoms with Crippen molar-refractivity contribution in [2.75, 3.05) is 5.75 Å². The number of nitrogens with zero attached hydrogens (tertiary/aromatic N) is 4. The van der Waals surface area contributed by atoms with E-state index in [2.05, 4.69) is 10.2 Å². The molecule has 0 radical (unpaired) electrons. The highest BCUT2D eigenvalue weighted by Gasteiger charge is 2.15. The number of ketones is 1. The van der Waals surface area contributed by atoms with Crippen LogP contribution in [0.4, 0.5) is 5.69 Å². The van der Waals surface area contributed by atoms with Crippen molar-refractivity contribution in [3.8, 4) is 0 Å². The Labute approximate surface area is 151 Å². The molecule has 8 heteroatoms. The van der Waals surface area contributed by atoms with Crippen LogP contribution in [0.15, 0.2) is 65.8 Å². The van der Waals surface area contributed by atoms with Crippen molar-refractivity contribution in [3.63, 3.8) is 0 Å². The lowest BCUT2D eigenvalue weighted by atomic mass is 10.1. The number of nitro groups is 1. The van der Waals surface area contributed by atoms with Crippen molar-refractivity contribution in [1.82, 2.24) is 14.6 Å². The first kappa shape index (κ1) is 16.2. The van der Waals surface area contributed by atoms with E-state index in [9.17, 15) is 14.9 Å². The molecule has 7 nitrogen and oxygen atoms in total. The minimum atomic E-state index is -0.512. The molecule has 0 fully saturated rings. The van der Waals surface area contributed by atoms with Crippen molar-refractivity contribution < 1.29 is 9.72 Å². The normalized spacial score (nSPS) is 11.1. The third-order valence-electron chi connectivity index (χ3n) is 3.96. The standard InChI is InChI=1S/C18H12N4O3S/c23-16(13-5-3-6-14(10-13)22(24)25)11-26-18-20-19-17-9-8-12-4-1-2-7-15(12)21(17)18/h1-10H,11H2. The number of hydrogen-bond donors (Lipinski definition) is 0. The first-order valence-electron chi connectivity index (χ1n) is 7.77. The van der Waals surface area contributed by atoms with Crippen molar-refractivity contribution in [3.05, 3.63) is 76.3 Å². The topological polar surface area (TPSA) is 90.4 Å². The quantitative estimate of drug-likeness (QED) is 0.232. The second-order valence-corrected chi connectivity index (χ2v) is 6.53. The van der Waals surface area contributed by atoms with Crippen LogP contribution < -0.4 is 0 Å². The molecule has 0 unspecified atom stereocenters. The largest absolute Gasteiger partial charge is 0.293 e. The summed E-state index contributed by atoms with van der Waals surface area (Å²) in [6, 6.07) is 17.5. The third kappa shape index (κ3) is 2.91. The number of para-hydroxylation sites is 1. The van der Waals surface area contributed by atoms with Crippen molar-refractivity contribution in [2.45, 2.75) is 5.16 Å². The molecule has 0 amide bonds. The molecule has 0 spiro atoms. The van der Waals surface area contributed by atoms with Crippen molar-refractivity contribution >= 4 is 39.8 Å². The molecule has 128 valence electrons. The number of Topliss-reactive ketones (excluding diaryl/α,β-unsaturated/α-hetero) is 1. The Kier molecular flexibility index (Phi) is 4.10. The van der Waals surface area contributed by atoms with Gasteiger partial charge in [0.05, 0.1) is 16.2 Å². The maximum atomic E-state index is 12.4. The van der Waals surface area contributed by atoms with Gasteiger partial charge in [-0.25, -0.2) is 0 Å². The summed E-state index contributed by atoms with van der Waals surface area (Å²) in [7, 11) is 0. The minimum absolute atomic E-state index is 0.0974. The van der Waals surface area contributed by atoms with Gasteiger partial charge in [0.15, 0.2) is 16.6 Å². The van der Waals surface area contributed by atoms with Crippen LogP contribution in [0, 0.1) is 10.1 Å². The molecule has 2 aromatic heterocycles. The predicted octanol–water partition coefficient (Wildman–Crippen LogP) is 3.77. The number of rotatable bonds is 5. The smallest absolute Gasteiger partial charge is 0.270 e. The van der Waals surface area contributed by atoms with Crippen LogP contribution >= 0.6 is 11.8 Å². The molecule has 0 aliphatic heterocycles. The summed E-state index contributed by atoms with van der Waals surface area (Å²) in [6.07, 6.45) is 0. The van der Waals surface area contributed by atoms with Gasteiger partial charge in [-0.3, -0.25) is 19.3 Å². The molecule has 0 saturated heterocycles. The number of pyridine rings is 1. The highest BCUT2D eigenvalue weighted by Crippen LogP contribution is 2.24. The second kappa shape index (κ2) is 6.57. The number of thioether (sulfide) groups is 1. The van der Waals surface area contributed by atoms with Gasteiger partial charge < -0.3 is 0 Å². The first-order chi connectivity index (χ1) is 12.6. The van der Waals surface area contributed by atoms with Crippen molar-refractivity contribution in [2.24, 2.45) is 0 Å². The zero-order valence-corrected chi connectivity index (χ0v) is 14.2. The molecule has 2 heterocycles. The van der Waals surface area contributed by atoms with E-state index in [4.69, 9.17) is 0 Å². The molecule has 0 bridgehead atoms. The highest BCUT2D eigenvalue weighted by atomic mass is 32.2. The van der Waals surface area contributed by atoms with Crippen LogP contribution in [-0.4, -0.2) is 31.1 Å². The highest BCUT2D eigenvalue weighted by molar-refractivity contribution is 7.99. The predicted molar refractivity (Wildman–Crippen MR) is 98.6 cm³/mol. The summed E-state index contributed by atoms with van der Waals surface area (Å²) in [5.74, 6) is -0.0822. The summed E-state index contributed by atoms with van der Waals surface area (Å²) in [5, 5.41) is 20.8. The molecule has 4 aromatic rings. The third-order valence-corrected chi connectivity index (χ3v) is 4.89. The zero-order valence-electron chi connectivity index (χ0n) is 13.4. The number of hydrogen-bond acceptors (Lipinski definition) is 6. The Morgan fingerprint density at radius 3 is 2.77 bits per heavy atom. The van der Waals surface area contributed by atoms with Gasteiger partial charge >= 0.3 is 0 Å². The Morgan fingerprint density at radius 2 is 1.92 bits per heavy atom. The van der Waals surface area contributed by atoms with Gasteiger partial charge in [-0.15, -0.1) is 10.2 Å². The zero-order chi connectivity index (χ0) is 18.1. The van der Waals surface area contributed by atoms with Gasteiger partial charge in [0.1, 0.15) is 0 Å². The lowest BCUT2D eigenvalue weighted by Crippen LogP contribution is -2.04. The van der Waals surface area contributed by atoms with E-state index in [1.807, 2.05) is 40.8 Å². The van der Waals surface area contributed by atoms with Gasteiger partial charge in [-0.2, -0.15) is 0 Å². The summed E-state index contributed by atoms with van der Waals surface area (Å²) < 4.78 is 1.90. The summed E-state index contributed by atoms with van der Waals surface area (Å²) in [6.45, 7) is 0. The van der Waals surface area contributed by atoms with E-state index in [1.54, 1.807) is 6.07 Å². The van der Waals surface area contributed by atoms with Crippen molar-refractivity contribution in [1.29, 1.82) is 0 Å². The molecular formula is C18H12N4O3S. The monoisotopic (exact) mass is 364 g/mol. The van der Waals surface area contributed by atoms with E-state index in [0.29, 0.717) is 16.4 Å². The molecule has 0 N–H and O–H groups in total. The molecular weight excluding hydrogens is 352 g/mol. The number of aromatic nitrogens is 3. The van der Waals surface area contributed by atoms with Crippen LogP contribution in [0.25, 0.3) is 16.6 Å².